The maximum absolute atomic E-state index is 12.0. The van der Waals surface area contributed by atoms with Crippen LogP contribution in [0.25, 0.3) is 11.3 Å². The Bertz CT molecular complexity index is 1350. The van der Waals surface area contributed by atoms with Crippen LogP contribution in [0.3, 0.4) is 0 Å². The quantitative estimate of drug-likeness (QED) is 0.180. The summed E-state index contributed by atoms with van der Waals surface area (Å²) in [6.45, 7) is 10.3. The number of likely N-dealkylation sites (N-methyl/N-ethyl adjacent to an activating group) is 1. The van der Waals surface area contributed by atoms with Gasteiger partial charge in [0, 0.05) is 29.2 Å². The molecule has 1 heterocycles. The lowest BCUT2D eigenvalue weighted by atomic mass is 9.94. The van der Waals surface area contributed by atoms with Crippen LogP contribution in [0.5, 0.6) is 0 Å². The number of thiazole rings is 1. The lowest BCUT2D eigenvalue weighted by molar-refractivity contribution is -0.143. The van der Waals surface area contributed by atoms with E-state index in [1.165, 1.54) is 29.7 Å². The van der Waals surface area contributed by atoms with E-state index in [2.05, 4.69) is 86.5 Å². The monoisotopic (exact) mass is 555 g/mol. The largest absolute Gasteiger partial charge is 0.480 e. The van der Waals surface area contributed by atoms with Crippen LogP contribution >= 0.6 is 11.3 Å². The zero-order valence-corrected chi connectivity index (χ0v) is 25.1. The van der Waals surface area contributed by atoms with E-state index in [1.807, 2.05) is 42.3 Å². The van der Waals surface area contributed by atoms with Crippen LogP contribution in [0.2, 0.25) is 0 Å². The number of benzene rings is 3. The highest BCUT2D eigenvalue weighted by Gasteiger charge is 2.25. The van der Waals surface area contributed by atoms with E-state index in [0.29, 0.717) is 18.5 Å². The number of carboxylic acid groups (broad SMARTS) is 1. The molecule has 6 heteroatoms. The predicted octanol–water partition coefficient (Wildman–Crippen LogP) is 8.39. The maximum Gasteiger partial charge on any atom is 0.325 e. The van der Waals surface area contributed by atoms with Gasteiger partial charge in [-0.1, -0.05) is 80.6 Å². The number of carboxylic acids is 1. The van der Waals surface area contributed by atoms with E-state index in [1.54, 1.807) is 11.3 Å². The normalized spacial score (nSPS) is 12.3. The first-order valence-electron chi connectivity index (χ1n) is 14.2. The molecule has 0 fully saturated rings. The molecule has 3 aromatic carbocycles. The number of rotatable bonds is 13. The van der Waals surface area contributed by atoms with Gasteiger partial charge in [-0.05, 0) is 68.5 Å². The Balaban J connectivity index is 1.43. The summed E-state index contributed by atoms with van der Waals surface area (Å²) in [5.41, 5.74) is 6.68. The third-order valence-corrected chi connectivity index (χ3v) is 8.47. The Labute approximate surface area is 243 Å². The van der Waals surface area contributed by atoms with Crippen LogP contribution in [-0.2, 0) is 17.9 Å². The Morgan fingerprint density at radius 2 is 1.52 bits per heavy atom. The average molecular weight is 556 g/mol. The molecular weight excluding hydrogens is 514 g/mol. The van der Waals surface area contributed by atoms with Crippen molar-refractivity contribution in [3.05, 3.63) is 106 Å². The number of anilines is 1. The van der Waals surface area contributed by atoms with Gasteiger partial charge in [0.15, 0.2) is 0 Å². The molecule has 0 aliphatic carbocycles. The molecule has 210 valence electrons. The van der Waals surface area contributed by atoms with Crippen LogP contribution in [0.1, 0.15) is 74.2 Å². The molecule has 1 N–H and O–H groups in total. The first kappa shape index (κ1) is 29.5. The predicted molar refractivity (Wildman–Crippen MR) is 167 cm³/mol. The summed E-state index contributed by atoms with van der Waals surface area (Å²) in [5, 5.41) is 12.8. The highest BCUT2D eigenvalue weighted by Crippen LogP contribution is 2.29. The molecule has 0 amide bonds. The summed E-state index contributed by atoms with van der Waals surface area (Å²) < 4.78 is 0. The van der Waals surface area contributed by atoms with Gasteiger partial charge in [0.05, 0.1) is 12.2 Å². The molecule has 0 saturated heterocycles. The Kier molecular flexibility index (Phi) is 10.1. The molecule has 1 atom stereocenters. The minimum absolute atomic E-state index is 0.377. The van der Waals surface area contributed by atoms with Gasteiger partial charge in [0.1, 0.15) is 11.0 Å². The molecule has 0 unspecified atom stereocenters. The summed E-state index contributed by atoms with van der Waals surface area (Å²) >= 11 is 1.57. The van der Waals surface area contributed by atoms with Crippen molar-refractivity contribution in [2.45, 2.75) is 71.6 Å². The third kappa shape index (κ3) is 7.18. The minimum Gasteiger partial charge on any atom is -0.480 e. The van der Waals surface area contributed by atoms with Gasteiger partial charge >= 0.3 is 5.97 Å². The third-order valence-electron chi connectivity index (χ3n) is 7.63. The smallest absolute Gasteiger partial charge is 0.325 e. The molecule has 0 saturated carbocycles. The fraction of sp³-hybridized carbons (Fsp3) is 0.353. The Morgan fingerprint density at radius 3 is 2.10 bits per heavy atom. The fourth-order valence-electron chi connectivity index (χ4n) is 5.29. The van der Waals surface area contributed by atoms with Crippen LogP contribution in [-0.4, -0.2) is 34.0 Å². The average Bonchev–Trinajstić information content (AvgIpc) is 3.42. The SMILES string of the molecule is CCC(CC)c1ccc(N(Cc2ccc(-c3csc(CN(C)[C@H](C(=O)O)c4ccccc4)n3)cc2)C(C)C)cc1. The summed E-state index contributed by atoms with van der Waals surface area (Å²) in [7, 11) is 1.83. The minimum atomic E-state index is -0.862. The van der Waals surface area contributed by atoms with Crippen LogP contribution in [0.15, 0.2) is 84.2 Å². The van der Waals surface area contributed by atoms with E-state index in [9.17, 15) is 9.90 Å². The van der Waals surface area contributed by atoms with Crippen molar-refractivity contribution in [1.29, 1.82) is 0 Å². The van der Waals surface area contributed by atoms with Gasteiger partial charge in [-0.25, -0.2) is 4.98 Å². The van der Waals surface area contributed by atoms with Crippen LogP contribution in [0.4, 0.5) is 5.69 Å². The van der Waals surface area contributed by atoms with Crippen molar-refractivity contribution in [1.82, 2.24) is 9.88 Å². The van der Waals surface area contributed by atoms with Crippen molar-refractivity contribution < 1.29 is 9.90 Å². The lowest BCUT2D eigenvalue weighted by Gasteiger charge is -2.30. The van der Waals surface area contributed by atoms with E-state index >= 15 is 0 Å². The lowest BCUT2D eigenvalue weighted by Crippen LogP contribution is -2.30. The topological polar surface area (TPSA) is 56.7 Å². The summed E-state index contributed by atoms with van der Waals surface area (Å²) in [5.74, 6) is -0.234. The molecule has 0 radical (unpaired) electrons. The molecule has 1 aromatic heterocycles. The number of nitrogens with zero attached hydrogens (tertiary/aromatic N) is 3. The molecular formula is C34H41N3O2S. The second kappa shape index (κ2) is 13.7. The van der Waals surface area contributed by atoms with E-state index in [4.69, 9.17) is 4.98 Å². The van der Waals surface area contributed by atoms with Crippen molar-refractivity contribution in [3.8, 4) is 11.3 Å². The zero-order valence-electron chi connectivity index (χ0n) is 24.2. The zero-order chi connectivity index (χ0) is 28.6. The number of carbonyl (C=O) groups is 1. The van der Waals surface area contributed by atoms with Crippen molar-refractivity contribution >= 4 is 23.0 Å². The van der Waals surface area contributed by atoms with E-state index in [-0.39, 0.29) is 0 Å². The molecule has 4 aromatic rings. The number of hydrogen-bond acceptors (Lipinski definition) is 5. The van der Waals surface area contributed by atoms with Gasteiger partial charge in [0.2, 0.25) is 0 Å². The van der Waals surface area contributed by atoms with Gasteiger partial charge < -0.3 is 10.0 Å². The number of aliphatic carboxylic acids is 1. The summed E-state index contributed by atoms with van der Waals surface area (Å²) in [6, 6.07) is 26.8. The van der Waals surface area contributed by atoms with Crippen molar-refractivity contribution in [3.63, 3.8) is 0 Å². The maximum atomic E-state index is 12.0. The molecule has 0 spiro atoms. The summed E-state index contributed by atoms with van der Waals surface area (Å²) in [4.78, 5) is 21.1. The van der Waals surface area contributed by atoms with Gasteiger partial charge in [0.25, 0.3) is 0 Å². The standard InChI is InChI=1S/C34H41N3O2S/c1-6-26(7-2)27-17-19-30(20-18-27)37(24(3)4)21-25-13-15-28(16-14-25)31-23-40-32(35-31)22-36(5)33(34(38)39)29-11-9-8-10-12-29/h8-20,23-24,26,33H,6-7,21-22H2,1-5H3,(H,38,39)/t33-/m0/s1. The molecule has 0 aliphatic heterocycles. The van der Waals surface area contributed by atoms with Crippen molar-refractivity contribution in [2.75, 3.05) is 11.9 Å². The van der Waals surface area contributed by atoms with Crippen LogP contribution in [0, 0.1) is 0 Å². The Hall–Kier alpha value is -3.48. The second-order valence-corrected chi connectivity index (χ2v) is 11.7. The molecule has 5 nitrogen and oxygen atoms in total. The van der Waals surface area contributed by atoms with Crippen molar-refractivity contribution in [2.24, 2.45) is 0 Å². The molecule has 40 heavy (non-hydrogen) atoms. The van der Waals surface area contributed by atoms with Crippen LogP contribution < -0.4 is 4.90 Å². The highest BCUT2D eigenvalue weighted by molar-refractivity contribution is 7.09. The van der Waals surface area contributed by atoms with E-state index in [0.717, 1.165) is 28.4 Å². The first-order valence-corrected chi connectivity index (χ1v) is 15.1. The van der Waals surface area contributed by atoms with E-state index < -0.39 is 12.0 Å². The van der Waals surface area contributed by atoms with Gasteiger partial charge in [-0.15, -0.1) is 11.3 Å². The first-order chi connectivity index (χ1) is 19.3. The van der Waals surface area contributed by atoms with Gasteiger partial charge in [-0.3, -0.25) is 9.69 Å². The highest BCUT2D eigenvalue weighted by atomic mass is 32.1. The Morgan fingerprint density at radius 1 is 0.875 bits per heavy atom. The fourth-order valence-corrected chi connectivity index (χ4v) is 6.15. The number of hydrogen-bond donors (Lipinski definition) is 1. The molecule has 4 rings (SSSR count). The molecule has 0 bridgehead atoms. The van der Waals surface area contributed by atoms with Gasteiger partial charge in [-0.2, -0.15) is 0 Å². The number of aromatic nitrogens is 1. The molecule has 0 aliphatic rings. The second-order valence-electron chi connectivity index (χ2n) is 10.7. The summed E-state index contributed by atoms with van der Waals surface area (Å²) in [6.07, 6.45) is 2.34.